The number of anilines is 1. The molecule has 4 rings (SSSR count). The van der Waals surface area contributed by atoms with Gasteiger partial charge in [0.2, 0.25) is 10.0 Å². The average molecular weight is 620 g/mol. The average Bonchev–Trinajstić information content (AvgIpc) is 3.53. The van der Waals surface area contributed by atoms with Crippen LogP contribution >= 0.6 is 0 Å². The second-order valence-corrected chi connectivity index (χ2v) is 14.7. The number of hydrogen-bond donors (Lipinski definition) is 2. The quantitative estimate of drug-likeness (QED) is 0.380. The van der Waals surface area contributed by atoms with Crippen molar-refractivity contribution in [2.24, 2.45) is 11.1 Å². The first-order chi connectivity index (χ1) is 18.9. The fourth-order valence-electron chi connectivity index (χ4n) is 4.72. The Morgan fingerprint density at radius 1 is 1.10 bits per heavy atom. The number of sulfonamides is 1. The lowest BCUT2D eigenvalue weighted by atomic mass is 10.0. The molecule has 41 heavy (non-hydrogen) atoms. The Morgan fingerprint density at radius 2 is 1.76 bits per heavy atom. The van der Waals surface area contributed by atoms with Crippen LogP contribution in [0.25, 0.3) is 0 Å². The first-order valence-corrected chi connectivity index (χ1v) is 16.1. The van der Waals surface area contributed by atoms with E-state index in [2.05, 4.69) is 15.0 Å². The number of piperidine rings is 1. The minimum Gasteiger partial charge on any atom is -0.462 e. The summed E-state index contributed by atoms with van der Waals surface area (Å²) in [6.45, 7) is 7.62. The van der Waals surface area contributed by atoms with Crippen LogP contribution in [0.2, 0.25) is 0 Å². The molecule has 1 aliphatic heterocycles. The Kier molecular flexibility index (Phi) is 10.1. The summed E-state index contributed by atoms with van der Waals surface area (Å²) >= 11 is 0. The maximum atomic E-state index is 13.4. The summed E-state index contributed by atoms with van der Waals surface area (Å²) in [7, 11) is -10.2. The zero-order chi connectivity index (χ0) is 30.6. The predicted octanol–water partition coefficient (Wildman–Crippen LogP) is 4.09. The molecule has 1 saturated heterocycles. The van der Waals surface area contributed by atoms with Crippen LogP contribution in [0.15, 0.2) is 58.3 Å². The van der Waals surface area contributed by atoms with Crippen LogP contribution in [-0.2, 0) is 35.8 Å². The van der Waals surface area contributed by atoms with Crippen molar-refractivity contribution in [2.75, 3.05) is 18.4 Å². The molecular formula is C27H36F3N3O6S2. The molecule has 2 aromatic rings. The molecule has 0 spiro atoms. The van der Waals surface area contributed by atoms with E-state index in [1.165, 1.54) is 6.42 Å². The summed E-state index contributed by atoms with van der Waals surface area (Å²) in [6, 6.07) is 12.0. The molecule has 2 aromatic carbocycles. The summed E-state index contributed by atoms with van der Waals surface area (Å²) < 4.78 is 92.8. The maximum absolute atomic E-state index is 13.4. The normalized spacial score (nSPS) is 19.9. The van der Waals surface area contributed by atoms with Gasteiger partial charge in [-0.05, 0) is 82.7 Å². The van der Waals surface area contributed by atoms with Gasteiger partial charge in [0.25, 0.3) is 16.3 Å². The highest BCUT2D eigenvalue weighted by Gasteiger charge is 2.49. The highest BCUT2D eigenvalue weighted by molar-refractivity contribution is 7.92. The molecule has 3 atom stereocenters. The van der Waals surface area contributed by atoms with E-state index in [0.29, 0.717) is 31.4 Å². The molecule has 1 aliphatic carbocycles. The van der Waals surface area contributed by atoms with E-state index in [-0.39, 0.29) is 17.3 Å². The van der Waals surface area contributed by atoms with Gasteiger partial charge >= 0.3 is 5.51 Å². The number of alkyl halides is 3. The molecule has 1 heterocycles. The van der Waals surface area contributed by atoms with E-state index < -0.39 is 35.2 Å². The van der Waals surface area contributed by atoms with E-state index in [0.717, 1.165) is 43.1 Å². The van der Waals surface area contributed by atoms with Gasteiger partial charge < -0.3 is 15.0 Å². The van der Waals surface area contributed by atoms with Crippen LogP contribution in [-0.4, -0.2) is 64.5 Å². The number of sulfone groups is 1. The first-order valence-electron chi connectivity index (χ1n) is 13.1. The second-order valence-electron chi connectivity index (χ2n) is 11.2. The summed E-state index contributed by atoms with van der Waals surface area (Å²) in [4.78, 5) is 10.1. The molecule has 3 unspecified atom stereocenters. The molecule has 2 aliphatic rings. The van der Waals surface area contributed by atoms with Crippen LogP contribution in [0, 0.1) is 5.92 Å². The summed E-state index contributed by atoms with van der Waals surface area (Å²) in [5, 5.41) is 8.00. The van der Waals surface area contributed by atoms with Gasteiger partial charge in [-0.1, -0.05) is 30.3 Å². The van der Waals surface area contributed by atoms with Crippen molar-refractivity contribution in [2.45, 2.75) is 79.4 Å². The maximum Gasteiger partial charge on any atom is 0.501 e. The van der Waals surface area contributed by atoms with E-state index in [4.69, 9.17) is 5.14 Å². The minimum atomic E-state index is -5.83. The second kappa shape index (κ2) is 12.7. The molecule has 0 radical (unpaired) electrons. The zero-order valence-corrected chi connectivity index (χ0v) is 24.7. The van der Waals surface area contributed by atoms with E-state index >= 15 is 0 Å². The van der Waals surface area contributed by atoms with Crippen LogP contribution in [0.3, 0.4) is 0 Å². The smallest absolute Gasteiger partial charge is 0.462 e. The van der Waals surface area contributed by atoms with Gasteiger partial charge in [-0.15, -0.1) is 0 Å². The van der Waals surface area contributed by atoms with Crippen molar-refractivity contribution < 1.29 is 39.5 Å². The van der Waals surface area contributed by atoms with E-state index in [1.807, 2.05) is 51.1 Å². The third-order valence-corrected chi connectivity index (χ3v) is 9.31. The van der Waals surface area contributed by atoms with Gasteiger partial charge in [0.1, 0.15) is 10.5 Å². The number of primary sulfonamides is 1. The molecule has 1 saturated carbocycles. The van der Waals surface area contributed by atoms with Crippen LogP contribution in [0.4, 0.5) is 18.9 Å². The number of carbonyl (C=O) groups excluding carboxylic acids is 1. The standard InChI is InChI=1S/C22H26F3N3O4S2.C5H10O2/c23-22(24,25)33(29,30)21-14-18(34(26,31)32)6-7-19(21)27-17(12-15-4-2-1-3-5-15)9-11-28-10-8-16-13-20(16)28;1-5(2,3)7-4-6/h1-7,14,16-17,20,27H,8-13H2,(H2,26,31,32);4H,1-3H3. The van der Waals surface area contributed by atoms with Crippen molar-refractivity contribution in [3.63, 3.8) is 0 Å². The van der Waals surface area contributed by atoms with Crippen LogP contribution in [0.5, 0.6) is 0 Å². The lowest BCUT2D eigenvalue weighted by molar-refractivity contribution is -0.138. The number of ether oxygens (including phenoxy) is 1. The van der Waals surface area contributed by atoms with E-state index in [9.17, 15) is 34.8 Å². The summed E-state index contributed by atoms with van der Waals surface area (Å²) in [5.41, 5.74) is -5.29. The Labute approximate surface area is 239 Å². The number of rotatable bonds is 10. The van der Waals surface area contributed by atoms with Crippen molar-refractivity contribution >= 4 is 32.0 Å². The van der Waals surface area contributed by atoms with Gasteiger partial charge in [-0.3, -0.25) is 4.79 Å². The number of carbonyl (C=O) groups is 1. The molecule has 14 heteroatoms. The molecule has 0 bridgehead atoms. The highest BCUT2D eigenvalue weighted by atomic mass is 32.2. The molecule has 9 nitrogen and oxygen atoms in total. The Bertz CT molecular complexity index is 1410. The first kappa shape index (κ1) is 32.8. The van der Waals surface area contributed by atoms with Crippen molar-refractivity contribution in [3.8, 4) is 0 Å². The summed E-state index contributed by atoms with van der Waals surface area (Å²) in [5.74, 6) is 0.731. The third-order valence-electron chi connectivity index (χ3n) is 6.87. The summed E-state index contributed by atoms with van der Waals surface area (Å²) in [6.07, 6.45) is 3.33. The van der Waals surface area contributed by atoms with Gasteiger partial charge in [0.05, 0.1) is 10.6 Å². The van der Waals surface area contributed by atoms with E-state index in [1.54, 1.807) is 0 Å². The molecule has 0 amide bonds. The Morgan fingerprint density at radius 3 is 2.22 bits per heavy atom. The van der Waals surface area contributed by atoms with Gasteiger partial charge in [0.15, 0.2) is 0 Å². The lowest BCUT2D eigenvalue weighted by Crippen LogP contribution is -2.32. The number of halogens is 3. The number of fused-ring (bicyclic) bond motifs is 1. The number of benzene rings is 2. The van der Waals surface area contributed by atoms with Gasteiger partial charge in [-0.2, -0.15) is 13.2 Å². The Balaban J connectivity index is 0.000000587. The topological polar surface area (TPSA) is 136 Å². The number of nitrogens with two attached hydrogens (primary N) is 1. The third kappa shape index (κ3) is 9.15. The monoisotopic (exact) mass is 619 g/mol. The molecule has 2 fully saturated rings. The minimum absolute atomic E-state index is 0.309. The number of hydrogen-bond acceptors (Lipinski definition) is 8. The largest absolute Gasteiger partial charge is 0.501 e. The SMILES string of the molecule is CC(C)(C)OC=O.NS(=O)(=O)c1ccc(NC(CCN2CCC3CC32)Cc2ccccc2)c(S(=O)(=O)C(F)(F)F)c1. The van der Waals surface area contributed by atoms with Crippen LogP contribution in [0.1, 0.15) is 45.6 Å². The van der Waals surface area contributed by atoms with Crippen LogP contribution < -0.4 is 10.5 Å². The number of likely N-dealkylation sites (tertiary alicyclic amines) is 1. The van der Waals surface area contributed by atoms with Crippen molar-refractivity contribution in [1.29, 1.82) is 0 Å². The highest BCUT2D eigenvalue weighted by Crippen LogP contribution is 2.44. The molecule has 228 valence electrons. The molecule has 3 N–H and O–H groups in total. The van der Waals surface area contributed by atoms with Crippen molar-refractivity contribution in [3.05, 3.63) is 54.1 Å². The fourth-order valence-corrected chi connectivity index (χ4v) is 6.28. The number of nitrogens with zero attached hydrogens (tertiary/aromatic N) is 1. The Hall–Kier alpha value is -2.68. The molecule has 0 aromatic heterocycles. The fraction of sp³-hybridized carbons (Fsp3) is 0.519. The lowest BCUT2D eigenvalue weighted by Gasteiger charge is -2.26. The molecular weight excluding hydrogens is 583 g/mol. The number of nitrogens with one attached hydrogen (secondary N) is 1. The predicted molar refractivity (Wildman–Crippen MR) is 148 cm³/mol. The van der Waals surface area contributed by atoms with Gasteiger partial charge in [-0.25, -0.2) is 22.0 Å². The van der Waals surface area contributed by atoms with Crippen molar-refractivity contribution in [1.82, 2.24) is 4.90 Å². The van der Waals surface area contributed by atoms with Gasteiger partial charge in [0, 0.05) is 18.6 Å². The zero-order valence-electron chi connectivity index (χ0n) is 23.1.